The topological polar surface area (TPSA) is 362 Å². The van der Waals surface area contributed by atoms with Gasteiger partial charge in [0.05, 0.1) is 26.4 Å². The first-order valence-electron chi connectivity index (χ1n) is 13.3. The molecule has 1 heterocycles. The molecule has 19 nitrogen and oxygen atoms in total. The fraction of sp³-hybridized carbons (Fsp3) is 0.760. The third-order valence-electron chi connectivity index (χ3n) is 6.85. The highest BCUT2D eigenvalue weighted by Crippen LogP contribution is 2.26. The van der Waals surface area contributed by atoms with Crippen molar-refractivity contribution in [3.63, 3.8) is 0 Å². The summed E-state index contributed by atoms with van der Waals surface area (Å²) in [4.78, 5) is 0. The summed E-state index contributed by atoms with van der Waals surface area (Å²) in [6, 6.07) is 6.61. The maximum atomic E-state index is 9.84. The van der Waals surface area contributed by atoms with Crippen LogP contribution in [-0.2, 0) is 11.3 Å². The number of aliphatic hydroxyl groups excluding tert-OH is 17. The smallest absolute Gasteiger partial charge is 0.229 e. The Morgan fingerprint density at radius 2 is 0.955 bits per heavy atom. The summed E-state index contributed by atoms with van der Waals surface area (Å²) in [6.07, 6.45) is -22.9. The van der Waals surface area contributed by atoms with Gasteiger partial charge in [-0.3, -0.25) is 0 Å². The Morgan fingerprint density at radius 3 is 1.32 bits per heavy atom. The van der Waals surface area contributed by atoms with E-state index in [4.69, 9.17) is 75.9 Å². The lowest BCUT2D eigenvalue weighted by atomic mass is 9.85. The van der Waals surface area contributed by atoms with E-state index in [9.17, 15) is 20.4 Å². The van der Waals surface area contributed by atoms with Crippen molar-refractivity contribution in [2.24, 2.45) is 0 Å². The van der Waals surface area contributed by atoms with Crippen LogP contribution in [0.15, 0.2) is 24.3 Å². The fourth-order valence-corrected chi connectivity index (χ4v) is 3.92. The van der Waals surface area contributed by atoms with Gasteiger partial charge in [0.15, 0.2) is 0 Å². The molecule has 0 bridgehead atoms. The number of ether oxygens (including phenoxy) is 2. The predicted molar refractivity (Wildman–Crippen MR) is 141 cm³/mol. The summed E-state index contributed by atoms with van der Waals surface area (Å²) in [5.41, 5.74) is 0.490. The van der Waals surface area contributed by atoms with Crippen LogP contribution in [0.3, 0.4) is 0 Å². The highest BCUT2D eigenvalue weighted by Gasteiger charge is 2.47. The van der Waals surface area contributed by atoms with Crippen molar-refractivity contribution in [3.05, 3.63) is 29.8 Å². The molecular weight excluding hydrogens is 604 g/mol. The van der Waals surface area contributed by atoms with E-state index in [2.05, 4.69) is 0 Å². The Labute approximate surface area is 250 Å². The molecule has 1 aromatic carbocycles. The van der Waals surface area contributed by atoms with Gasteiger partial charge in [-0.1, -0.05) is 18.2 Å². The lowest BCUT2D eigenvalue weighted by molar-refractivity contribution is -0.277. The van der Waals surface area contributed by atoms with Crippen LogP contribution in [0.2, 0.25) is 0 Å². The number of para-hydroxylation sites is 1. The molecule has 0 amide bonds. The SMILES string of the molecule is OC[C@@H](O)[C@@H](O)[C@H](O)[C@H](O)CO.OCc1ccccc1O[C@@H]1O[C@H](CO)[C@@H](O)[C@H](O)[C@H]1O.O[C@H]1[C@H](O)[C@@H](O)[C@H](O)[C@@H](O)[C@H]1O. The number of aliphatic hydroxyl groups is 17. The van der Waals surface area contributed by atoms with Gasteiger partial charge < -0.3 is 96.3 Å². The Balaban J connectivity index is 0.000000351. The molecule has 0 unspecified atom stereocenters. The molecule has 9 atom stereocenters. The third kappa shape index (κ3) is 10.4. The summed E-state index contributed by atoms with van der Waals surface area (Å²) in [5.74, 6) is 0.291. The van der Waals surface area contributed by atoms with Crippen molar-refractivity contribution in [2.45, 2.75) is 98.4 Å². The van der Waals surface area contributed by atoms with Crippen LogP contribution in [0.1, 0.15) is 5.56 Å². The maximum Gasteiger partial charge on any atom is 0.229 e. The molecule has 0 spiro atoms. The minimum absolute atomic E-state index is 0.256. The van der Waals surface area contributed by atoms with Gasteiger partial charge in [0, 0.05) is 5.56 Å². The standard InChI is InChI=1S/C13H18O7.C6H12O6.C6H14O6/c14-5-7-3-1-2-4-8(7)19-13-12(18)11(17)10(16)9(6-15)20-13;7-1-2(8)4(10)6(12)5(11)3(1)9;7-1-3(9)5(11)6(12)4(10)2-8/h1-4,9-18H,5-6H2;1-12H;3-12H,1-2H2/t9-,10-,11+,12-,13-;1-,2-,3-,4+,5-,6-;3-,4-,5-,6-/m1.1/s1. The summed E-state index contributed by atoms with van der Waals surface area (Å²) in [6.45, 7) is -2.23. The normalized spacial score (nSPS) is 36.4. The average molecular weight is 649 g/mol. The van der Waals surface area contributed by atoms with Crippen molar-refractivity contribution in [3.8, 4) is 5.75 Å². The second kappa shape index (κ2) is 19.1. The van der Waals surface area contributed by atoms with Crippen molar-refractivity contribution in [2.75, 3.05) is 19.8 Å². The van der Waals surface area contributed by atoms with Gasteiger partial charge in [-0.25, -0.2) is 0 Å². The zero-order chi connectivity index (χ0) is 33.9. The Bertz CT molecular complexity index is 844. The Kier molecular flexibility index (Phi) is 17.5. The number of hydrogen-bond donors (Lipinski definition) is 17. The van der Waals surface area contributed by atoms with Crippen LogP contribution >= 0.6 is 0 Å². The van der Waals surface area contributed by atoms with E-state index in [0.717, 1.165) is 0 Å². The van der Waals surface area contributed by atoms with Crippen molar-refractivity contribution in [1.82, 2.24) is 0 Å². The van der Waals surface area contributed by atoms with Crippen molar-refractivity contribution in [1.29, 1.82) is 0 Å². The van der Waals surface area contributed by atoms with Gasteiger partial charge >= 0.3 is 0 Å². The van der Waals surface area contributed by atoms with Crippen LogP contribution in [0.4, 0.5) is 0 Å². The van der Waals surface area contributed by atoms with E-state index in [1.807, 2.05) is 0 Å². The van der Waals surface area contributed by atoms with Crippen LogP contribution in [0, 0.1) is 0 Å². The van der Waals surface area contributed by atoms with Gasteiger partial charge in [-0.2, -0.15) is 0 Å². The lowest BCUT2D eigenvalue weighted by Crippen LogP contribution is -2.63. The zero-order valence-corrected chi connectivity index (χ0v) is 23.2. The molecule has 1 saturated carbocycles. The van der Waals surface area contributed by atoms with Crippen LogP contribution < -0.4 is 4.74 Å². The third-order valence-corrected chi connectivity index (χ3v) is 6.85. The molecule has 17 N–H and O–H groups in total. The second-order valence-corrected chi connectivity index (χ2v) is 10.0. The number of hydrogen-bond acceptors (Lipinski definition) is 19. The first kappa shape index (κ1) is 40.3. The highest BCUT2D eigenvalue weighted by atomic mass is 16.7. The molecule has 258 valence electrons. The molecule has 19 heteroatoms. The summed E-state index contributed by atoms with van der Waals surface area (Å²) >= 11 is 0. The highest BCUT2D eigenvalue weighted by molar-refractivity contribution is 5.32. The predicted octanol–water partition coefficient (Wildman–Crippen LogP) is -9.06. The lowest BCUT2D eigenvalue weighted by Gasteiger charge is -2.39. The molecular formula is C25H44O19. The van der Waals surface area contributed by atoms with Gasteiger partial charge in [0.1, 0.15) is 91.2 Å². The molecule has 2 fully saturated rings. The minimum Gasteiger partial charge on any atom is -0.462 e. The van der Waals surface area contributed by atoms with E-state index in [-0.39, 0.29) is 6.61 Å². The molecule has 1 saturated heterocycles. The zero-order valence-electron chi connectivity index (χ0n) is 23.2. The molecule has 0 radical (unpaired) electrons. The summed E-state index contributed by atoms with van der Waals surface area (Å²) in [7, 11) is 0. The van der Waals surface area contributed by atoms with Crippen molar-refractivity contribution < 1.29 is 96.3 Å². The largest absolute Gasteiger partial charge is 0.462 e. The molecule has 44 heavy (non-hydrogen) atoms. The van der Waals surface area contributed by atoms with E-state index in [1.165, 1.54) is 0 Å². The average Bonchev–Trinajstić information content (AvgIpc) is 3.04. The minimum atomic E-state index is -1.67. The second-order valence-electron chi connectivity index (χ2n) is 10.0. The Morgan fingerprint density at radius 1 is 0.568 bits per heavy atom. The van der Waals surface area contributed by atoms with Gasteiger partial charge in [0.2, 0.25) is 6.29 Å². The monoisotopic (exact) mass is 648 g/mol. The molecule has 0 aromatic heterocycles. The Hall–Kier alpha value is -1.70. The summed E-state index contributed by atoms with van der Waals surface area (Å²) < 4.78 is 10.6. The van der Waals surface area contributed by atoms with Crippen molar-refractivity contribution >= 4 is 0 Å². The van der Waals surface area contributed by atoms with Crippen LogP contribution in [0.5, 0.6) is 5.75 Å². The van der Waals surface area contributed by atoms with Gasteiger partial charge in [-0.05, 0) is 6.07 Å². The number of benzene rings is 1. The molecule has 1 aliphatic heterocycles. The number of rotatable bonds is 9. The van der Waals surface area contributed by atoms with Crippen LogP contribution in [0.25, 0.3) is 0 Å². The molecule has 1 aromatic rings. The first-order chi connectivity index (χ1) is 20.6. The quantitative estimate of drug-likeness (QED) is 0.118. The van der Waals surface area contributed by atoms with E-state index < -0.39 is 112 Å². The maximum absolute atomic E-state index is 9.84. The van der Waals surface area contributed by atoms with Gasteiger partial charge in [0.25, 0.3) is 0 Å². The fourth-order valence-electron chi connectivity index (χ4n) is 3.92. The summed E-state index contributed by atoms with van der Waals surface area (Å²) in [5, 5.41) is 153. The van der Waals surface area contributed by atoms with Gasteiger partial charge in [-0.15, -0.1) is 0 Å². The molecule has 2 aliphatic rings. The van der Waals surface area contributed by atoms with E-state index in [1.54, 1.807) is 24.3 Å². The first-order valence-corrected chi connectivity index (χ1v) is 13.3. The van der Waals surface area contributed by atoms with E-state index in [0.29, 0.717) is 11.3 Å². The molecule has 1 aliphatic carbocycles. The van der Waals surface area contributed by atoms with Crippen LogP contribution in [-0.4, -0.2) is 198 Å². The van der Waals surface area contributed by atoms with E-state index >= 15 is 0 Å². The molecule has 3 rings (SSSR count).